The van der Waals surface area contributed by atoms with E-state index in [0.717, 1.165) is 25.4 Å². The minimum absolute atomic E-state index is 0.127. The average Bonchev–Trinajstić information content (AvgIpc) is 2.28. The highest BCUT2D eigenvalue weighted by Crippen LogP contribution is 2.17. The maximum Gasteiger partial charge on any atom is 0.220 e. The third-order valence-electron chi connectivity index (χ3n) is 2.90. The number of aliphatic hydroxyl groups is 1. The van der Waals surface area contributed by atoms with Gasteiger partial charge in [0.1, 0.15) is 0 Å². The SMILES string of the molecule is O=C(CCC1CCNCC1)NCCCO. The van der Waals surface area contributed by atoms with Gasteiger partial charge in [-0.3, -0.25) is 4.79 Å². The topological polar surface area (TPSA) is 61.4 Å². The molecule has 0 radical (unpaired) electrons. The molecule has 3 N–H and O–H groups in total. The first kappa shape index (κ1) is 12.5. The molecule has 0 atom stereocenters. The molecule has 1 aliphatic heterocycles. The summed E-state index contributed by atoms with van der Waals surface area (Å²) in [7, 11) is 0. The maximum atomic E-state index is 11.4. The molecule has 1 amide bonds. The standard InChI is InChI=1S/C11H22N2O2/c14-9-1-6-13-11(15)3-2-10-4-7-12-8-5-10/h10,12,14H,1-9H2,(H,13,15). The van der Waals surface area contributed by atoms with Crippen molar-refractivity contribution in [1.29, 1.82) is 0 Å². The van der Waals surface area contributed by atoms with Crippen molar-refractivity contribution in [2.24, 2.45) is 5.92 Å². The summed E-state index contributed by atoms with van der Waals surface area (Å²) in [6.07, 6.45) is 4.69. The molecule has 4 nitrogen and oxygen atoms in total. The van der Waals surface area contributed by atoms with Gasteiger partial charge in [0.25, 0.3) is 0 Å². The predicted molar refractivity (Wildman–Crippen MR) is 59.5 cm³/mol. The number of nitrogens with one attached hydrogen (secondary N) is 2. The quantitative estimate of drug-likeness (QED) is 0.556. The predicted octanol–water partition coefficient (Wildman–Crippen LogP) is 0.265. The van der Waals surface area contributed by atoms with Crippen molar-refractivity contribution in [3.63, 3.8) is 0 Å². The van der Waals surface area contributed by atoms with Gasteiger partial charge in [-0.05, 0) is 44.7 Å². The van der Waals surface area contributed by atoms with E-state index in [9.17, 15) is 4.79 Å². The average molecular weight is 214 g/mol. The summed E-state index contributed by atoms with van der Waals surface area (Å²) >= 11 is 0. The number of piperidine rings is 1. The molecule has 4 heteroatoms. The number of amides is 1. The molecule has 0 spiro atoms. The molecule has 1 rings (SSSR count). The van der Waals surface area contributed by atoms with Crippen LogP contribution in [0.1, 0.15) is 32.1 Å². The molecule has 0 saturated carbocycles. The molecule has 0 unspecified atom stereocenters. The highest BCUT2D eigenvalue weighted by molar-refractivity contribution is 5.75. The molecule has 0 aromatic heterocycles. The van der Waals surface area contributed by atoms with E-state index in [-0.39, 0.29) is 12.5 Å². The summed E-state index contributed by atoms with van der Waals surface area (Å²) < 4.78 is 0. The maximum absolute atomic E-state index is 11.4. The Morgan fingerprint density at radius 2 is 2.13 bits per heavy atom. The van der Waals surface area contributed by atoms with Crippen LogP contribution in [-0.2, 0) is 4.79 Å². The molecule has 0 aromatic carbocycles. The van der Waals surface area contributed by atoms with Crippen molar-refractivity contribution in [2.75, 3.05) is 26.2 Å². The van der Waals surface area contributed by atoms with Gasteiger partial charge in [0.2, 0.25) is 5.91 Å². The lowest BCUT2D eigenvalue weighted by Crippen LogP contribution is -2.29. The van der Waals surface area contributed by atoms with E-state index < -0.39 is 0 Å². The first-order chi connectivity index (χ1) is 7.33. The van der Waals surface area contributed by atoms with Crippen LogP contribution in [-0.4, -0.2) is 37.3 Å². The third-order valence-corrected chi connectivity index (χ3v) is 2.90. The number of aliphatic hydroxyl groups excluding tert-OH is 1. The number of rotatable bonds is 6. The van der Waals surface area contributed by atoms with Crippen LogP contribution < -0.4 is 10.6 Å². The Bertz CT molecular complexity index is 179. The highest BCUT2D eigenvalue weighted by atomic mass is 16.3. The van der Waals surface area contributed by atoms with Gasteiger partial charge >= 0.3 is 0 Å². The van der Waals surface area contributed by atoms with Crippen LogP contribution in [0, 0.1) is 5.92 Å². The second-order valence-electron chi connectivity index (χ2n) is 4.16. The summed E-state index contributed by atoms with van der Waals surface area (Å²) in [6, 6.07) is 0. The second kappa shape index (κ2) is 7.65. The van der Waals surface area contributed by atoms with E-state index in [0.29, 0.717) is 19.4 Å². The Kier molecular flexibility index (Phi) is 6.36. The number of carbonyl (C=O) groups is 1. The van der Waals surface area contributed by atoms with Gasteiger partial charge in [-0.15, -0.1) is 0 Å². The largest absolute Gasteiger partial charge is 0.396 e. The smallest absolute Gasteiger partial charge is 0.220 e. The molecule has 1 saturated heterocycles. The summed E-state index contributed by atoms with van der Waals surface area (Å²) in [5.41, 5.74) is 0. The summed E-state index contributed by atoms with van der Waals surface area (Å²) in [4.78, 5) is 11.4. The fourth-order valence-electron chi connectivity index (χ4n) is 1.90. The summed E-state index contributed by atoms with van der Waals surface area (Å²) in [5, 5.41) is 14.7. The lowest BCUT2D eigenvalue weighted by molar-refractivity contribution is -0.121. The van der Waals surface area contributed by atoms with Crippen molar-refractivity contribution in [1.82, 2.24) is 10.6 Å². The third kappa shape index (κ3) is 5.74. The van der Waals surface area contributed by atoms with Gasteiger partial charge in [0.15, 0.2) is 0 Å². The monoisotopic (exact) mass is 214 g/mol. The van der Waals surface area contributed by atoms with Gasteiger partial charge in [-0.2, -0.15) is 0 Å². The molecule has 0 bridgehead atoms. The van der Waals surface area contributed by atoms with Crippen LogP contribution >= 0.6 is 0 Å². The van der Waals surface area contributed by atoms with E-state index >= 15 is 0 Å². The molecule has 1 fully saturated rings. The summed E-state index contributed by atoms with van der Waals surface area (Å²) in [6.45, 7) is 2.93. The van der Waals surface area contributed by atoms with Gasteiger partial charge in [0, 0.05) is 19.6 Å². The number of carbonyl (C=O) groups excluding carboxylic acids is 1. The zero-order chi connectivity index (χ0) is 10.9. The fraction of sp³-hybridized carbons (Fsp3) is 0.909. The molecule has 88 valence electrons. The Labute approximate surface area is 91.4 Å². The fourth-order valence-corrected chi connectivity index (χ4v) is 1.90. The first-order valence-electron chi connectivity index (χ1n) is 5.91. The van der Waals surface area contributed by atoms with E-state index in [4.69, 9.17) is 5.11 Å². The zero-order valence-corrected chi connectivity index (χ0v) is 9.30. The molecular formula is C11H22N2O2. The van der Waals surface area contributed by atoms with Gasteiger partial charge in [-0.1, -0.05) is 0 Å². The van der Waals surface area contributed by atoms with Crippen LogP contribution in [0.2, 0.25) is 0 Å². The van der Waals surface area contributed by atoms with Crippen molar-refractivity contribution >= 4 is 5.91 Å². The molecule has 1 heterocycles. The lowest BCUT2D eigenvalue weighted by Gasteiger charge is -2.22. The van der Waals surface area contributed by atoms with Crippen molar-refractivity contribution in [3.8, 4) is 0 Å². The van der Waals surface area contributed by atoms with Crippen LogP contribution in [0.15, 0.2) is 0 Å². The van der Waals surface area contributed by atoms with Crippen LogP contribution in [0.3, 0.4) is 0 Å². The number of hydrogen-bond acceptors (Lipinski definition) is 3. The van der Waals surface area contributed by atoms with E-state index in [1.165, 1.54) is 12.8 Å². The first-order valence-corrected chi connectivity index (χ1v) is 5.91. The molecule has 15 heavy (non-hydrogen) atoms. The lowest BCUT2D eigenvalue weighted by atomic mass is 9.93. The van der Waals surface area contributed by atoms with Crippen LogP contribution in [0.25, 0.3) is 0 Å². The van der Waals surface area contributed by atoms with Gasteiger partial charge in [0.05, 0.1) is 0 Å². The molecular weight excluding hydrogens is 192 g/mol. The Balaban J connectivity index is 2.00. The molecule has 0 aliphatic carbocycles. The van der Waals surface area contributed by atoms with Crippen molar-refractivity contribution in [2.45, 2.75) is 32.1 Å². The zero-order valence-electron chi connectivity index (χ0n) is 9.30. The summed E-state index contributed by atoms with van der Waals surface area (Å²) in [5.74, 6) is 0.844. The normalized spacial score (nSPS) is 17.7. The van der Waals surface area contributed by atoms with Crippen LogP contribution in [0.5, 0.6) is 0 Å². The van der Waals surface area contributed by atoms with E-state index in [1.54, 1.807) is 0 Å². The Morgan fingerprint density at radius 3 is 2.80 bits per heavy atom. The molecule has 1 aliphatic rings. The second-order valence-corrected chi connectivity index (χ2v) is 4.16. The van der Waals surface area contributed by atoms with E-state index in [2.05, 4.69) is 10.6 Å². The van der Waals surface area contributed by atoms with Gasteiger partial charge in [-0.25, -0.2) is 0 Å². The van der Waals surface area contributed by atoms with Crippen molar-refractivity contribution in [3.05, 3.63) is 0 Å². The highest BCUT2D eigenvalue weighted by Gasteiger charge is 2.13. The van der Waals surface area contributed by atoms with E-state index in [1.807, 2.05) is 0 Å². The van der Waals surface area contributed by atoms with Crippen molar-refractivity contribution < 1.29 is 9.90 Å². The molecule has 0 aromatic rings. The Hall–Kier alpha value is -0.610. The Morgan fingerprint density at radius 1 is 1.40 bits per heavy atom. The number of hydrogen-bond donors (Lipinski definition) is 3. The minimum Gasteiger partial charge on any atom is -0.396 e. The minimum atomic E-state index is 0.127. The van der Waals surface area contributed by atoms with Crippen LogP contribution in [0.4, 0.5) is 0 Å². The van der Waals surface area contributed by atoms with Gasteiger partial charge < -0.3 is 15.7 Å².